The first kappa shape index (κ1) is 12.4. The van der Waals surface area contributed by atoms with Crippen molar-refractivity contribution in [3.05, 3.63) is 23.8 Å². The van der Waals surface area contributed by atoms with Crippen LogP contribution in [0.1, 0.15) is 25.8 Å². The molecule has 1 amide bonds. The van der Waals surface area contributed by atoms with E-state index in [4.69, 9.17) is 5.73 Å². The summed E-state index contributed by atoms with van der Waals surface area (Å²) in [4.78, 5) is 11.6. The summed E-state index contributed by atoms with van der Waals surface area (Å²) in [6.45, 7) is 3.90. The SMILES string of the molecule is CC[C@@H]1C(c2ccc(N)c(O)c2)=NNC(=O)[C@H]1C. The molecule has 96 valence electrons. The van der Waals surface area contributed by atoms with Crippen LogP contribution in [0.25, 0.3) is 0 Å². The maximum atomic E-state index is 11.6. The Morgan fingerprint density at radius 2 is 2.22 bits per heavy atom. The average Bonchev–Trinajstić information content (AvgIpc) is 2.36. The third-order valence-electron chi connectivity index (χ3n) is 3.42. The second-order valence-electron chi connectivity index (χ2n) is 4.55. The minimum absolute atomic E-state index is 0.0367. The van der Waals surface area contributed by atoms with E-state index in [0.717, 1.165) is 17.7 Å². The van der Waals surface area contributed by atoms with Gasteiger partial charge in [-0.25, -0.2) is 5.43 Å². The number of anilines is 1. The standard InChI is InChI=1S/C13H17N3O2/c1-3-9-7(2)13(18)16-15-12(9)8-4-5-10(14)11(17)6-8/h4-7,9,17H,3,14H2,1-2H3,(H,16,18)/t7-,9-/m0/s1. The molecule has 0 radical (unpaired) electrons. The van der Waals surface area contributed by atoms with Crippen LogP contribution in [0.3, 0.4) is 0 Å². The first-order valence-electron chi connectivity index (χ1n) is 6.01. The normalized spacial score (nSPS) is 23.4. The van der Waals surface area contributed by atoms with Gasteiger partial charge in [-0.05, 0) is 18.6 Å². The van der Waals surface area contributed by atoms with Crippen LogP contribution in [-0.2, 0) is 4.79 Å². The highest BCUT2D eigenvalue weighted by Gasteiger charge is 2.31. The van der Waals surface area contributed by atoms with Crippen LogP contribution >= 0.6 is 0 Å². The Bertz CT molecular complexity index is 511. The molecule has 1 aromatic rings. The molecule has 0 bridgehead atoms. The van der Waals surface area contributed by atoms with Gasteiger partial charge in [0.15, 0.2) is 0 Å². The Hall–Kier alpha value is -2.04. The molecular weight excluding hydrogens is 230 g/mol. The highest BCUT2D eigenvalue weighted by molar-refractivity contribution is 6.07. The van der Waals surface area contributed by atoms with Gasteiger partial charge in [-0.2, -0.15) is 5.10 Å². The van der Waals surface area contributed by atoms with Gasteiger partial charge in [-0.1, -0.05) is 19.9 Å². The predicted molar refractivity (Wildman–Crippen MR) is 70.1 cm³/mol. The number of phenols is 1. The van der Waals surface area contributed by atoms with Gasteiger partial charge in [0.05, 0.1) is 11.4 Å². The summed E-state index contributed by atoms with van der Waals surface area (Å²) in [5.74, 6) is -0.0937. The summed E-state index contributed by atoms with van der Waals surface area (Å²) in [6.07, 6.45) is 0.818. The number of hydrogen-bond acceptors (Lipinski definition) is 4. The Morgan fingerprint density at radius 3 is 2.83 bits per heavy atom. The molecule has 0 fully saturated rings. The molecule has 0 saturated heterocycles. The fourth-order valence-electron chi connectivity index (χ4n) is 2.25. The number of nitrogens with zero attached hydrogens (tertiary/aromatic N) is 1. The molecule has 1 aromatic carbocycles. The summed E-state index contributed by atoms with van der Waals surface area (Å²) in [5, 5.41) is 13.8. The van der Waals surface area contributed by atoms with E-state index in [0.29, 0.717) is 5.69 Å². The number of aromatic hydroxyl groups is 1. The van der Waals surface area contributed by atoms with Crippen LogP contribution in [-0.4, -0.2) is 16.7 Å². The molecule has 1 aliphatic heterocycles. The van der Waals surface area contributed by atoms with Gasteiger partial charge in [-0.3, -0.25) is 4.79 Å². The van der Waals surface area contributed by atoms with E-state index in [-0.39, 0.29) is 23.5 Å². The lowest BCUT2D eigenvalue weighted by Gasteiger charge is -2.27. The van der Waals surface area contributed by atoms with Crippen LogP contribution < -0.4 is 11.2 Å². The fraction of sp³-hybridized carbons (Fsp3) is 0.385. The molecule has 5 nitrogen and oxygen atoms in total. The van der Waals surface area contributed by atoms with E-state index in [1.165, 1.54) is 0 Å². The highest BCUT2D eigenvalue weighted by Crippen LogP contribution is 2.28. The van der Waals surface area contributed by atoms with E-state index in [9.17, 15) is 9.90 Å². The van der Waals surface area contributed by atoms with Crippen molar-refractivity contribution < 1.29 is 9.90 Å². The summed E-state index contributed by atoms with van der Waals surface area (Å²) in [5.41, 5.74) is 10.0. The zero-order chi connectivity index (χ0) is 13.3. The molecule has 0 aromatic heterocycles. The summed E-state index contributed by atoms with van der Waals surface area (Å²) >= 11 is 0. The van der Waals surface area contributed by atoms with Crippen molar-refractivity contribution in [2.75, 3.05) is 5.73 Å². The highest BCUT2D eigenvalue weighted by atomic mass is 16.3. The number of phenolic OH excluding ortho intramolecular Hbond substituents is 1. The van der Waals surface area contributed by atoms with Crippen molar-refractivity contribution in [2.45, 2.75) is 20.3 Å². The molecule has 0 saturated carbocycles. The molecule has 0 unspecified atom stereocenters. The number of hydrogen-bond donors (Lipinski definition) is 3. The summed E-state index contributed by atoms with van der Waals surface area (Å²) < 4.78 is 0. The molecule has 2 atom stereocenters. The van der Waals surface area contributed by atoms with Crippen LogP contribution in [0.5, 0.6) is 5.75 Å². The van der Waals surface area contributed by atoms with Gasteiger partial charge in [0.1, 0.15) is 5.75 Å². The number of nitrogens with two attached hydrogens (primary N) is 1. The van der Waals surface area contributed by atoms with E-state index in [1.54, 1.807) is 18.2 Å². The topological polar surface area (TPSA) is 87.7 Å². The number of carbonyl (C=O) groups is 1. The maximum absolute atomic E-state index is 11.6. The molecule has 0 spiro atoms. The molecule has 18 heavy (non-hydrogen) atoms. The van der Waals surface area contributed by atoms with Crippen molar-refractivity contribution in [3.8, 4) is 5.75 Å². The number of hydrazone groups is 1. The monoisotopic (exact) mass is 247 g/mol. The van der Waals surface area contributed by atoms with Gasteiger partial charge in [0.25, 0.3) is 0 Å². The van der Waals surface area contributed by atoms with Crippen LogP contribution in [0, 0.1) is 11.8 Å². The molecule has 4 N–H and O–H groups in total. The molecule has 1 aliphatic rings. The predicted octanol–water partition coefficient (Wildman–Crippen LogP) is 1.47. The number of carbonyl (C=O) groups excluding carboxylic acids is 1. The molecule has 0 aliphatic carbocycles. The van der Waals surface area contributed by atoms with E-state index in [2.05, 4.69) is 10.5 Å². The van der Waals surface area contributed by atoms with Crippen LogP contribution in [0.2, 0.25) is 0 Å². The minimum Gasteiger partial charge on any atom is -0.506 e. The van der Waals surface area contributed by atoms with Crippen molar-refractivity contribution in [1.29, 1.82) is 0 Å². The van der Waals surface area contributed by atoms with Gasteiger partial charge in [-0.15, -0.1) is 0 Å². The lowest BCUT2D eigenvalue weighted by molar-refractivity contribution is -0.125. The third-order valence-corrected chi connectivity index (χ3v) is 3.42. The quantitative estimate of drug-likeness (QED) is 0.546. The Morgan fingerprint density at radius 1 is 1.50 bits per heavy atom. The average molecular weight is 247 g/mol. The van der Waals surface area contributed by atoms with Crippen LogP contribution in [0.4, 0.5) is 5.69 Å². The van der Waals surface area contributed by atoms with Crippen molar-refractivity contribution >= 4 is 17.3 Å². The third kappa shape index (κ3) is 2.03. The molecule has 2 rings (SSSR count). The fourth-order valence-corrected chi connectivity index (χ4v) is 2.25. The molecule has 1 heterocycles. The molecular formula is C13H17N3O2. The number of nitrogen functional groups attached to an aromatic ring is 1. The van der Waals surface area contributed by atoms with Crippen molar-refractivity contribution in [3.63, 3.8) is 0 Å². The van der Waals surface area contributed by atoms with E-state index < -0.39 is 0 Å². The summed E-state index contributed by atoms with van der Waals surface area (Å²) in [6, 6.07) is 5.03. The first-order chi connectivity index (χ1) is 8.54. The van der Waals surface area contributed by atoms with E-state index >= 15 is 0 Å². The zero-order valence-electron chi connectivity index (χ0n) is 10.5. The van der Waals surface area contributed by atoms with Gasteiger partial charge < -0.3 is 10.8 Å². The number of nitrogens with one attached hydrogen (secondary N) is 1. The van der Waals surface area contributed by atoms with Gasteiger partial charge >= 0.3 is 0 Å². The van der Waals surface area contributed by atoms with Gasteiger partial charge in [0.2, 0.25) is 5.91 Å². The first-order valence-corrected chi connectivity index (χ1v) is 6.01. The largest absolute Gasteiger partial charge is 0.506 e. The maximum Gasteiger partial charge on any atom is 0.243 e. The summed E-state index contributed by atoms with van der Waals surface area (Å²) in [7, 11) is 0. The Balaban J connectivity index is 2.42. The molecule has 5 heteroatoms. The van der Waals surface area contributed by atoms with Crippen LogP contribution in [0.15, 0.2) is 23.3 Å². The van der Waals surface area contributed by atoms with E-state index in [1.807, 2.05) is 13.8 Å². The number of benzene rings is 1. The lowest BCUT2D eigenvalue weighted by Crippen LogP contribution is -2.40. The lowest BCUT2D eigenvalue weighted by atomic mass is 9.82. The second kappa shape index (κ2) is 4.68. The number of amides is 1. The minimum atomic E-state index is -0.123. The zero-order valence-corrected chi connectivity index (χ0v) is 10.5. The van der Waals surface area contributed by atoms with Crippen molar-refractivity contribution in [2.24, 2.45) is 16.9 Å². The number of rotatable bonds is 2. The Labute approximate surface area is 106 Å². The van der Waals surface area contributed by atoms with Gasteiger partial charge in [0, 0.05) is 17.4 Å². The smallest absolute Gasteiger partial charge is 0.243 e. The van der Waals surface area contributed by atoms with Crippen molar-refractivity contribution in [1.82, 2.24) is 5.43 Å². The Kier molecular flexibility index (Phi) is 3.23. The second-order valence-corrected chi connectivity index (χ2v) is 4.55.